The molecule has 2 aromatic carbocycles. The van der Waals surface area contributed by atoms with Gasteiger partial charge in [-0.05, 0) is 39.0 Å². The van der Waals surface area contributed by atoms with Crippen LogP contribution in [0, 0.1) is 10.1 Å². The molecule has 0 bridgehead atoms. The van der Waals surface area contributed by atoms with Gasteiger partial charge in [-0.3, -0.25) is 19.7 Å². The van der Waals surface area contributed by atoms with Crippen LogP contribution in [0.2, 0.25) is 0 Å². The second-order valence-electron chi connectivity index (χ2n) is 7.96. The van der Waals surface area contributed by atoms with Gasteiger partial charge in [0.05, 0.1) is 16.2 Å². The van der Waals surface area contributed by atoms with E-state index in [1.807, 2.05) is 0 Å². The Balaban J connectivity index is 2.21. The average molecular weight is 411 g/mol. The van der Waals surface area contributed by atoms with E-state index < -0.39 is 33.8 Å². The summed E-state index contributed by atoms with van der Waals surface area (Å²) in [4.78, 5) is 51.3. The Kier molecular flexibility index (Phi) is 5.07. The molecular weight excluding hydrogens is 390 g/mol. The maximum atomic E-state index is 13.3. The van der Waals surface area contributed by atoms with Crippen molar-refractivity contribution in [2.75, 3.05) is 11.9 Å². The first kappa shape index (κ1) is 21.0. The van der Waals surface area contributed by atoms with Crippen LogP contribution < -0.4 is 10.2 Å². The Labute approximate surface area is 172 Å². The van der Waals surface area contributed by atoms with E-state index in [1.165, 1.54) is 31.3 Å². The van der Waals surface area contributed by atoms with Crippen molar-refractivity contribution in [2.24, 2.45) is 0 Å². The SMILES string of the molecule is CN1C(=O)C(OC(=O)c2ccccc2)(C(=O)NC(C)(C)C)c2cc([N+](=O)[O-])ccc21. The molecule has 0 radical (unpaired) electrons. The van der Waals surface area contributed by atoms with Crippen LogP contribution in [0.1, 0.15) is 36.7 Å². The topological polar surface area (TPSA) is 119 Å². The molecule has 1 atom stereocenters. The van der Waals surface area contributed by atoms with Crippen LogP contribution in [0.5, 0.6) is 0 Å². The largest absolute Gasteiger partial charge is 0.430 e. The Bertz CT molecular complexity index is 1040. The summed E-state index contributed by atoms with van der Waals surface area (Å²) in [5.41, 5.74) is -3.16. The van der Waals surface area contributed by atoms with Crippen LogP contribution in [-0.2, 0) is 19.9 Å². The Morgan fingerprint density at radius 1 is 1.13 bits per heavy atom. The highest BCUT2D eigenvalue weighted by Gasteiger charge is 2.60. The summed E-state index contributed by atoms with van der Waals surface area (Å²) in [5.74, 6) is -2.60. The van der Waals surface area contributed by atoms with Crippen molar-refractivity contribution in [3.8, 4) is 0 Å². The Morgan fingerprint density at radius 2 is 1.77 bits per heavy atom. The minimum absolute atomic E-state index is 0.0600. The summed E-state index contributed by atoms with van der Waals surface area (Å²) < 4.78 is 5.57. The van der Waals surface area contributed by atoms with Crippen molar-refractivity contribution in [3.63, 3.8) is 0 Å². The van der Waals surface area contributed by atoms with E-state index in [-0.39, 0.29) is 22.5 Å². The van der Waals surface area contributed by atoms with Crippen molar-refractivity contribution in [1.29, 1.82) is 0 Å². The molecule has 1 aliphatic rings. The van der Waals surface area contributed by atoms with Crippen LogP contribution in [-0.4, -0.2) is 35.3 Å². The van der Waals surface area contributed by atoms with Crippen molar-refractivity contribution in [1.82, 2.24) is 5.32 Å². The molecule has 2 amide bonds. The molecule has 1 heterocycles. The number of hydrogen-bond donors (Lipinski definition) is 1. The number of amides is 2. The smallest absolute Gasteiger partial charge is 0.340 e. The number of nitrogens with zero attached hydrogens (tertiary/aromatic N) is 2. The molecule has 156 valence electrons. The maximum absolute atomic E-state index is 13.3. The van der Waals surface area contributed by atoms with Crippen LogP contribution >= 0.6 is 0 Å². The number of ether oxygens (including phenoxy) is 1. The number of non-ortho nitro benzene ring substituents is 1. The fourth-order valence-corrected chi connectivity index (χ4v) is 3.24. The van der Waals surface area contributed by atoms with E-state index in [1.54, 1.807) is 39.0 Å². The fourth-order valence-electron chi connectivity index (χ4n) is 3.24. The number of nitro benzene ring substituents is 1. The number of hydrogen-bond acceptors (Lipinski definition) is 6. The van der Waals surface area contributed by atoms with Gasteiger partial charge in [0.25, 0.3) is 23.1 Å². The summed E-state index contributed by atoms with van der Waals surface area (Å²) in [6, 6.07) is 11.6. The van der Waals surface area contributed by atoms with Crippen LogP contribution in [0.15, 0.2) is 48.5 Å². The van der Waals surface area contributed by atoms with Crippen molar-refractivity contribution in [3.05, 3.63) is 69.8 Å². The highest BCUT2D eigenvalue weighted by Crippen LogP contribution is 2.44. The van der Waals surface area contributed by atoms with Crippen LogP contribution in [0.4, 0.5) is 11.4 Å². The van der Waals surface area contributed by atoms with Gasteiger partial charge in [0.15, 0.2) is 0 Å². The lowest BCUT2D eigenvalue weighted by Gasteiger charge is -2.31. The number of anilines is 1. The normalized spacial score (nSPS) is 18.0. The average Bonchev–Trinajstić information content (AvgIpc) is 2.89. The molecule has 9 heteroatoms. The van der Waals surface area contributed by atoms with E-state index in [4.69, 9.17) is 4.74 Å². The maximum Gasteiger partial charge on any atom is 0.340 e. The molecule has 1 unspecified atom stereocenters. The first-order valence-electron chi connectivity index (χ1n) is 9.15. The molecular formula is C21H21N3O6. The zero-order chi connectivity index (χ0) is 22.3. The summed E-state index contributed by atoms with van der Waals surface area (Å²) in [6.45, 7) is 5.11. The third-order valence-corrected chi connectivity index (χ3v) is 4.60. The van der Waals surface area contributed by atoms with Gasteiger partial charge in [-0.25, -0.2) is 4.79 Å². The molecule has 30 heavy (non-hydrogen) atoms. The van der Waals surface area contributed by atoms with Gasteiger partial charge >= 0.3 is 5.97 Å². The summed E-state index contributed by atoms with van der Waals surface area (Å²) >= 11 is 0. The third kappa shape index (κ3) is 3.49. The molecule has 1 aliphatic heterocycles. The highest BCUT2D eigenvalue weighted by molar-refractivity contribution is 6.21. The van der Waals surface area contributed by atoms with Crippen molar-refractivity contribution >= 4 is 29.2 Å². The van der Waals surface area contributed by atoms with E-state index in [0.717, 1.165) is 11.0 Å². The number of esters is 1. The lowest BCUT2D eigenvalue weighted by atomic mass is 9.92. The Morgan fingerprint density at radius 3 is 2.33 bits per heavy atom. The zero-order valence-electron chi connectivity index (χ0n) is 17.0. The number of nitrogens with one attached hydrogen (secondary N) is 1. The van der Waals surface area contributed by atoms with Gasteiger partial charge in [-0.1, -0.05) is 18.2 Å². The quantitative estimate of drug-likeness (QED) is 0.357. The van der Waals surface area contributed by atoms with Crippen LogP contribution in [0.3, 0.4) is 0 Å². The highest BCUT2D eigenvalue weighted by atomic mass is 16.6. The standard InChI is InChI=1S/C21H21N3O6/c1-20(2,3)22-18(26)21(30-17(25)13-8-6-5-7-9-13)15-12-14(24(28)29)10-11-16(15)23(4)19(21)27/h5-12H,1-4H3,(H,22,26). The van der Waals surface area contributed by atoms with Gasteiger partial charge < -0.3 is 15.0 Å². The second kappa shape index (κ2) is 7.25. The number of benzene rings is 2. The molecule has 0 fully saturated rings. The van der Waals surface area contributed by atoms with E-state index in [9.17, 15) is 24.5 Å². The molecule has 0 aliphatic carbocycles. The van der Waals surface area contributed by atoms with E-state index in [0.29, 0.717) is 0 Å². The minimum Gasteiger partial charge on any atom is -0.430 e. The van der Waals surface area contributed by atoms with Gasteiger partial charge in [0, 0.05) is 30.3 Å². The summed E-state index contributed by atoms with van der Waals surface area (Å²) in [7, 11) is 1.41. The molecule has 9 nitrogen and oxygen atoms in total. The first-order chi connectivity index (χ1) is 14.0. The zero-order valence-corrected chi connectivity index (χ0v) is 17.0. The monoisotopic (exact) mass is 411 g/mol. The number of carbonyl (C=O) groups is 3. The van der Waals surface area contributed by atoms with E-state index in [2.05, 4.69) is 5.32 Å². The van der Waals surface area contributed by atoms with Gasteiger partial charge in [-0.15, -0.1) is 0 Å². The predicted molar refractivity (Wildman–Crippen MR) is 108 cm³/mol. The minimum atomic E-state index is -2.39. The molecule has 0 spiro atoms. The molecule has 2 aromatic rings. The summed E-state index contributed by atoms with van der Waals surface area (Å²) in [6.07, 6.45) is 0. The third-order valence-electron chi connectivity index (χ3n) is 4.60. The molecule has 1 N–H and O–H groups in total. The molecule has 0 saturated carbocycles. The van der Waals surface area contributed by atoms with Gasteiger partial charge in [-0.2, -0.15) is 0 Å². The molecule has 3 rings (SSSR count). The van der Waals surface area contributed by atoms with Crippen molar-refractivity contribution in [2.45, 2.75) is 31.9 Å². The summed E-state index contributed by atoms with van der Waals surface area (Å²) in [5, 5.41) is 14.0. The van der Waals surface area contributed by atoms with Gasteiger partial charge in [0.2, 0.25) is 0 Å². The first-order valence-corrected chi connectivity index (χ1v) is 9.15. The molecule has 0 aromatic heterocycles. The Hall–Kier alpha value is -3.75. The van der Waals surface area contributed by atoms with Crippen molar-refractivity contribution < 1.29 is 24.0 Å². The lowest BCUT2D eigenvalue weighted by molar-refractivity contribution is -0.385. The molecule has 0 saturated heterocycles. The number of likely N-dealkylation sites (N-methyl/N-ethyl adjacent to an activating group) is 1. The predicted octanol–water partition coefficient (Wildman–Crippen LogP) is 2.54. The lowest BCUT2D eigenvalue weighted by Crippen LogP contribution is -2.57. The number of carbonyl (C=O) groups excluding carboxylic acids is 3. The van der Waals surface area contributed by atoms with Gasteiger partial charge in [0.1, 0.15) is 0 Å². The number of nitro groups is 1. The second-order valence-corrected chi connectivity index (χ2v) is 7.96. The van der Waals surface area contributed by atoms with E-state index >= 15 is 0 Å². The number of rotatable bonds is 4. The van der Waals surface area contributed by atoms with Crippen LogP contribution in [0.25, 0.3) is 0 Å². The number of fused-ring (bicyclic) bond motifs is 1. The fraction of sp³-hybridized carbons (Fsp3) is 0.286.